The summed E-state index contributed by atoms with van der Waals surface area (Å²) in [6.07, 6.45) is 0.960. The van der Waals surface area contributed by atoms with Gasteiger partial charge in [-0.1, -0.05) is 50.2 Å². The van der Waals surface area contributed by atoms with Crippen molar-refractivity contribution in [2.45, 2.75) is 25.2 Å². The summed E-state index contributed by atoms with van der Waals surface area (Å²) in [6, 6.07) is 13.2. The summed E-state index contributed by atoms with van der Waals surface area (Å²) in [7, 11) is -3.40. The van der Waals surface area contributed by atoms with E-state index < -0.39 is 10.0 Å². The van der Waals surface area contributed by atoms with E-state index in [1.807, 2.05) is 36.4 Å². The van der Waals surface area contributed by atoms with Gasteiger partial charge in [0.25, 0.3) is 0 Å². The van der Waals surface area contributed by atoms with Gasteiger partial charge in [-0.25, -0.2) is 8.42 Å². The molecule has 4 heteroatoms. The van der Waals surface area contributed by atoms with Crippen LogP contribution in [0.15, 0.2) is 47.4 Å². The molecule has 2 aromatic rings. The molecular weight excluding hydrogens is 282 g/mol. The van der Waals surface area contributed by atoms with Gasteiger partial charge < -0.3 is 0 Å². The molecular formula is C17H21NO2S. The molecule has 0 aliphatic carbocycles. The molecule has 2 aromatic carbocycles. The molecule has 1 aliphatic rings. The molecule has 1 heterocycles. The number of sulfonamides is 1. The molecule has 3 nitrogen and oxygen atoms in total. The van der Waals surface area contributed by atoms with Crippen molar-refractivity contribution in [1.29, 1.82) is 0 Å². The van der Waals surface area contributed by atoms with Crippen molar-refractivity contribution in [3.8, 4) is 0 Å². The van der Waals surface area contributed by atoms with E-state index >= 15 is 0 Å². The number of benzene rings is 2. The summed E-state index contributed by atoms with van der Waals surface area (Å²) in [6.45, 7) is 5.61. The molecule has 0 aromatic heterocycles. The standard InChI is InChI=1S/C17H21NO2S/c1-13(2)15-10-11-18(12-15)21(19,20)17-9-5-7-14-6-3-4-8-16(14)17/h3-9,13,15H,10-12H2,1-2H3. The molecule has 0 spiro atoms. The summed E-state index contributed by atoms with van der Waals surface area (Å²) in [4.78, 5) is 0.435. The van der Waals surface area contributed by atoms with Gasteiger partial charge >= 0.3 is 0 Å². The van der Waals surface area contributed by atoms with Gasteiger partial charge in [0.2, 0.25) is 10.0 Å². The number of rotatable bonds is 3. The zero-order chi connectivity index (χ0) is 15.0. The Hall–Kier alpha value is -1.39. The Morgan fingerprint density at radius 1 is 1.10 bits per heavy atom. The lowest BCUT2D eigenvalue weighted by Gasteiger charge is -2.19. The van der Waals surface area contributed by atoms with Crippen molar-refractivity contribution in [3.05, 3.63) is 42.5 Å². The average Bonchev–Trinajstić information content (AvgIpc) is 2.97. The first-order chi connectivity index (χ1) is 10.00. The first kappa shape index (κ1) is 14.5. The quantitative estimate of drug-likeness (QED) is 0.870. The highest BCUT2D eigenvalue weighted by atomic mass is 32.2. The highest BCUT2D eigenvalue weighted by Gasteiger charge is 2.34. The topological polar surface area (TPSA) is 37.4 Å². The van der Waals surface area contributed by atoms with Crippen molar-refractivity contribution < 1.29 is 8.42 Å². The van der Waals surface area contributed by atoms with Crippen LogP contribution in [0.5, 0.6) is 0 Å². The van der Waals surface area contributed by atoms with Gasteiger partial charge in [0, 0.05) is 18.5 Å². The lowest BCUT2D eigenvalue weighted by atomic mass is 9.96. The molecule has 112 valence electrons. The van der Waals surface area contributed by atoms with E-state index in [2.05, 4.69) is 13.8 Å². The fourth-order valence-corrected chi connectivity index (χ4v) is 4.80. The molecule has 1 saturated heterocycles. The van der Waals surface area contributed by atoms with Crippen LogP contribution in [0.25, 0.3) is 10.8 Å². The van der Waals surface area contributed by atoms with Crippen LogP contribution >= 0.6 is 0 Å². The van der Waals surface area contributed by atoms with Crippen molar-refractivity contribution in [1.82, 2.24) is 4.31 Å². The first-order valence-electron chi connectivity index (χ1n) is 7.48. The number of hydrogen-bond acceptors (Lipinski definition) is 2. The zero-order valence-corrected chi connectivity index (χ0v) is 13.3. The Balaban J connectivity index is 2.02. The van der Waals surface area contributed by atoms with Crippen LogP contribution in [0, 0.1) is 11.8 Å². The minimum Gasteiger partial charge on any atom is -0.207 e. The van der Waals surface area contributed by atoms with Crippen molar-refractivity contribution in [2.24, 2.45) is 11.8 Å². The predicted molar refractivity (Wildman–Crippen MR) is 85.7 cm³/mol. The van der Waals surface area contributed by atoms with Gasteiger partial charge in [0.15, 0.2) is 0 Å². The smallest absolute Gasteiger partial charge is 0.207 e. The highest BCUT2D eigenvalue weighted by molar-refractivity contribution is 7.89. The molecule has 21 heavy (non-hydrogen) atoms. The second kappa shape index (κ2) is 5.43. The zero-order valence-electron chi connectivity index (χ0n) is 12.5. The van der Waals surface area contributed by atoms with Crippen LogP contribution in [0.3, 0.4) is 0 Å². The van der Waals surface area contributed by atoms with Crippen LogP contribution in [-0.4, -0.2) is 25.8 Å². The van der Waals surface area contributed by atoms with Gasteiger partial charge in [0.05, 0.1) is 4.90 Å². The van der Waals surface area contributed by atoms with Gasteiger partial charge in [-0.3, -0.25) is 0 Å². The number of nitrogens with zero attached hydrogens (tertiary/aromatic N) is 1. The highest BCUT2D eigenvalue weighted by Crippen LogP contribution is 2.31. The van der Waals surface area contributed by atoms with Crippen LogP contribution in [0.4, 0.5) is 0 Å². The molecule has 0 bridgehead atoms. The third-order valence-electron chi connectivity index (χ3n) is 4.50. The van der Waals surface area contributed by atoms with Crippen LogP contribution < -0.4 is 0 Å². The third kappa shape index (κ3) is 2.58. The molecule has 1 aliphatic heterocycles. The van der Waals surface area contributed by atoms with E-state index in [4.69, 9.17) is 0 Å². The van der Waals surface area contributed by atoms with E-state index in [1.54, 1.807) is 10.4 Å². The maximum atomic E-state index is 12.9. The van der Waals surface area contributed by atoms with Crippen molar-refractivity contribution >= 4 is 20.8 Å². The maximum absolute atomic E-state index is 12.9. The molecule has 1 atom stereocenters. The molecule has 0 amide bonds. The largest absolute Gasteiger partial charge is 0.243 e. The Bertz CT molecular complexity index is 747. The minimum atomic E-state index is -3.40. The van der Waals surface area contributed by atoms with Crippen molar-refractivity contribution in [3.63, 3.8) is 0 Å². The van der Waals surface area contributed by atoms with E-state index in [-0.39, 0.29) is 0 Å². The monoisotopic (exact) mass is 303 g/mol. The van der Waals surface area contributed by atoms with E-state index in [0.717, 1.165) is 17.2 Å². The lowest BCUT2D eigenvalue weighted by molar-refractivity contribution is 0.389. The second-order valence-corrected chi connectivity index (χ2v) is 8.04. The van der Waals surface area contributed by atoms with Gasteiger partial charge in [-0.2, -0.15) is 4.31 Å². The lowest BCUT2D eigenvalue weighted by Crippen LogP contribution is -2.29. The maximum Gasteiger partial charge on any atom is 0.243 e. The fourth-order valence-electron chi connectivity index (χ4n) is 3.08. The summed E-state index contributed by atoms with van der Waals surface area (Å²) in [5.74, 6) is 0.993. The second-order valence-electron chi connectivity index (χ2n) is 6.13. The molecule has 0 N–H and O–H groups in total. The Kier molecular flexibility index (Phi) is 3.76. The SMILES string of the molecule is CC(C)C1CCN(S(=O)(=O)c2cccc3ccccc23)C1. The Morgan fingerprint density at radius 3 is 2.52 bits per heavy atom. The summed E-state index contributed by atoms with van der Waals surface area (Å²) in [5, 5.41) is 1.78. The third-order valence-corrected chi connectivity index (χ3v) is 6.42. The average molecular weight is 303 g/mol. The van der Waals surface area contributed by atoms with Gasteiger partial charge in [-0.05, 0) is 29.7 Å². The molecule has 1 unspecified atom stereocenters. The predicted octanol–water partition coefficient (Wildman–Crippen LogP) is 3.51. The van der Waals surface area contributed by atoms with Gasteiger partial charge in [-0.15, -0.1) is 0 Å². The molecule has 0 saturated carbocycles. The van der Waals surface area contributed by atoms with Crippen LogP contribution in [0.1, 0.15) is 20.3 Å². The first-order valence-corrected chi connectivity index (χ1v) is 8.92. The Labute approximate surface area is 126 Å². The number of hydrogen-bond donors (Lipinski definition) is 0. The minimum absolute atomic E-state index is 0.435. The molecule has 3 rings (SSSR count). The fraction of sp³-hybridized carbons (Fsp3) is 0.412. The Morgan fingerprint density at radius 2 is 1.81 bits per heavy atom. The molecule has 0 radical (unpaired) electrons. The van der Waals surface area contributed by atoms with E-state index in [9.17, 15) is 8.42 Å². The summed E-state index contributed by atoms with van der Waals surface area (Å²) < 4.78 is 27.5. The van der Waals surface area contributed by atoms with Crippen LogP contribution in [0.2, 0.25) is 0 Å². The van der Waals surface area contributed by atoms with Crippen LogP contribution in [-0.2, 0) is 10.0 Å². The number of fused-ring (bicyclic) bond motifs is 1. The van der Waals surface area contributed by atoms with Gasteiger partial charge in [0.1, 0.15) is 0 Å². The summed E-state index contributed by atoms with van der Waals surface area (Å²) in [5.41, 5.74) is 0. The van der Waals surface area contributed by atoms with Crippen molar-refractivity contribution in [2.75, 3.05) is 13.1 Å². The van der Waals surface area contributed by atoms with E-state index in [1.165, 1.54) is 0 Å². The normalized spacial score (nSPS) is 20.4. The van der Waals surface area contributed by atoms with E-state index in [0.29, 0.717) is 29.8 Å². The molecule has 1 fully saturated rings. The summed E-state index contributed by atoms with van der Waals surface area (Å²) >= 11 is 0.